The second-order valence-electron chi connectivity index (χ2n) is 4.69. The van der Waals surface area contributed by atoms with Gasteiger partial charge in [-0.2, -0.15) is 5.26 Å². The van der Waals surface area contributed by atoms with Crippen molar-refractivity contribution in [3.05, 3.63) is 33.8 Å². The number of nitrogens with one attached hydrogen (secondary N) is 2. The third-order valence-corrected chi connectivity index (χ3v) is 3.98. The Balaban J connectivity index is 1.93. The molecule has 1 heterocycles. The Labute approximate surface area is 121 Å². The molecule has 2 N–H and O–H groups in total. The van der Waals surface area contributed by atoms with Crippen molar-refractivity contribution in [1.82, 2.24) is 10.6 Å². The standard InChI is InChI=1S/C14H16BrN3O/c15-13-7-10(9-16)1-2-11(13)8-14(19)18-12-3-5-17-6-4-12/h1-2,7,12,17H,3-6,8H2,(H,18,19). The third kappa shape index (κ3) is 4.05. The fourth-order valence-electron chi connectivity index (χ4n) is 2.18. The van der Waals surface area contributed by atoms with Crippen molar-refractivity contribution in [2.75, 3.05) is 13.1 Å². The molecule has 0 bridgehead atoms. The first kappa shape index (κ1) is 14.0. The Hall–Kier alpha value is -1.38. The highest BCUT2D eigenvalue weighted by Gasteiger charge is 2.16. The number of amides is 1. The van der Waals surface area contributed by atoms with E-state index in [1.807, 2.05) is 6.07 Å². The van der Waals surface area contributed by atoms with E-state index in [2.05, 4.69) is 32.6 Å². The summed E-state index contributed by atoms with van der Waals surface area (Å²) >= 11 is 3.40. The molecule has 0 atom stereocenters. The van der Waals surface area contributed by atoms with Crippen molar-refractivity contribution in [2.24, 2.45) is 0 Å². The molecule has 0 unspecified atom stereocenters. The summed E-state index contributed by atoms with van der Waals surface area (Å²) in [6.45, 7) is 1.93. The van der Waals surface area contributed by atoms with Crippen LogP contribution in [0.4, 0.5) is 0 Å². The molecular formula is C14H16BrN3O. The van der Waals surface area contributed by atoms with Gasteiger partial charge in [0.1, 0.15) is 0 Å². The molecule has 1 aliphatic rings. The zero-order chi connectivity index (χ0) is 13.7. The highest BCUT2D eigenvalue weighted by Crippen LogP contribution is 2.19. The van der Waals surface area contributed by atoms with Crippen LogP contribution in [0, 0.1) is 11.3 Å². The molecule has 1 fully saturated rings. The number of piperidine rings is 1. The zero-order valence-electron chi connectivity index (χ0n) is 10.6. The van der Waals surface area contributed by atoms with Gasteiger partial charge >= 0.3 is 0 Å². The highest BCUT2D eigenvalue weighted by atomic mass is 79.9. The van der Waals surface area contributed by atoms with Crippen LogP contribution in [-0.4, -0.2) is 25.0 Å². The quantitative estimate of drug-likeness (QED) is 0.891. The summed E-state index contributed by atoms with van der Waals surface area (Å²) < 4.78 is 0.812. The molecular weight excluding hydrogens is 306 g/mol. The van der Waals surface area contributed by atoms with Crippen LogP contribution in [0.2, 0.25) is 0 Å². The molecule has 0 spiro atoms. The summed E-state index contributed by atoms with van der Waals surface area (Å²) in [6.07, 6.45) is 2.32. The minimum atomic E-state index is 0.0392. The summed E-state index contributed by atoms with van der Waals surface area (Å²) in [7, 11) is 0. The average molecular weight is 322 g/mol. The summed E-state index contributed by atoms with van der Waals surface area (Å²) in [5.41, 5.74) is 1.50. The van der Waals surface area contributed by atoms with Gasteiger partial charge in [0.05, 0.1) is 18.1 Å². The fourth-order valence-corrected chi connectivity index (χ4v) is 2.70. The molecule has 2 rings (SSSR count). The van der Waals surface area contributed by atoms with E-state index in [9.17, 15) is 4.79 Å². The molecule has 0 radical (unpaired) electrons. The van der Waals surface area contributed by atoms with Crippen LogP contribution in [0.1, 0.15) is 24.0 Å². The average Bonchev–Trinajstić information content (AvgIpc) is 2.42. The summed E-state index contributed by atoms with van der Waals surface area (Å²) in [4.78, 5) is 12.0. The van der Waals surface area contributed by atoms with Gasteiger partial charge < -0.3 is 10.6 Å². The van der Waals surface area contributed by atoms with Gasteiger partial charge in [0.2, 0.25) is 5.91 Å². The lowest BCUT2D eigenvalue weighted by Gasteiger charge is -2.23. The first-order chi connectivity index (χ1) is 9.19. The molecule has 5 heteroatoms. The first-order valence-electron chi connectivity index (χ1n) is 6.37. The molecule has 1 aromatic rings. The SMILES string of the molecule is N#Cc1ccc(CC(=O)NC2CCNCC2)c(Br)c1. The predicted octanol–water partition coefficient (Wildman–Crippen LogP) is 1.73. The van der Waals surface area contributed by atoms with E-state index in [0.717, 1.165) is 36.0 Å². The van der Waals surface area contributed by atoms with Crippen molar-refractivity contribution >= 4 is 21.8 Å². The maximum absolute atomic E-state index is 12.0. The third-order valence-electron chi connectivity index (χ3n) is 3.24. The normalized spacial score (nSPS) is 15.8. The Morgan fingerprint density at radius 1 is 1.47 bits per heavy atom. The monoisotopic (exact) mass is 321 g/mol. The largest absolute Gasteiger partial charge is 0.353 e. The fraction of sp³-hybridized carbons (Fsp3) is 0.429. The smallest absolute Gasteiger partial charge is 0.224 e. The zero-order valence-corrected chi connectivity index (χ0v) is 12.2. The molecule has 1 amide bonds. The number of rotatable bonds is 3. The first-order valence-corrected chi connectivity index (χ1v) is 7.17. The van der Waals surface area contributed by atoms with Crippen LogP contribution >= 0.6 is 15.9 Å². The van der Waals surface area contributed by atoms with Crippen LogP contribution in [0.3, 0.4) is 0 Å². The maximum Gasteiger partial charge on any atom is 0.224 e. The number of nitrogens with zero attached hydrogens (tertiary/aromatic N) is 1. The lowest BCUT2D eigenvalue weighted by Crippen LogP contribution is -2.43. The van der Waals surface area contributed by atoms with Gasteiger partial charge in [0.15, 0.2) is 0 Å². The van der Waals surface area contributed by atoms with E-state index in [0.29, 0.717) is 12.0 Å². The number of hydrogen-bond acceptors (Lipinski definition) is 3. The van der Waals surface area contributed by atoms with Gasteiger partial charge in [-0.25, -0.2) is 0 Å². The topological polar surface area (TPSA) is 64.9 Å². The number of hydrogen-bond donors (Lipinski definition) is 2. The van der Waals surface area contributed by atoms with Crippen molar-refractivity contribution in [3.63, 3.8) is 0 Å². The van der Waals surface area contributed by atoms with Gasteiger partial charge in [0, 0.05) is 10.5 Å². The van der Waals surface area contributed by atoms with Gasteiger partial charge in [-0.15, -0.1) is 0 Å². The van der Waals surface area contributed by atoms with E-state index in [-0.39, 0.29) is 11.9 Å². The lowest BCUT2D eigenvalue weighted by atomic mass is 10.1. The highest BCUT2D eigenvalue weighted by molar-refractivity contribution is 9.10. The predicted molar refractivity (Wildman–Crippen MR) is 76.6 cm³/mol. The van der Waals surface area contributed by atoms with Gasteiger partial charge in [-0.1, -0.05) is 22.0 Å². The van der Waals surface area contributed by atoms with Crippen LogP contribution < -0.4 is 10.6 Å². The summed E-state index contributed by atoms with van der Waals surface area (Å²) in [5, 5.41) is 15.1. The molecule has 0 aliphatic carbocycles. The van der Waals surface area contributed by atoms with Gasteiger partial charge in [-0.3, -0.25) is 4.79 Å². The number of carbonyl (C=O) groups is 1. The molecule has 4 nitrogen and oxygen atoms in total. The van der Waals surface area contributed by atoms with Crippen LogP contribution in [-0.2, 0) is 11.2 Å². The summed E-state index contributed by atoms with van der Waals surface area (Å²) in [5.74, 6) is 0.0392. The van der Waals surface area contributed by atoms with Crippen LogP contribution in [0.15, 0.2) is 22.7 Å². The number of benzene rings is 1. The van der Waals surface area contributed by atoms with E-state index in [1.165, 1.54) is 0 Å². The Kier molecular flexibility index (Phi) is 4.94. The van der Waals surface area contributed by atoms with E-state index in [1.54, 1.807) is 12.1 Å². The van der Waals surface area contributed by atoms with Crippen LogP contribution in [0.25, 0.3) is 0 Å². The maximum atomic E-state index is 12.0. The minimum absolute atomic E-state index is 0.0392. The second kappa shape index (κ2) is 6.69. The second-order valence-corrected chi connectivity index (χ2v) is 5.54. The number of halogens is 1. The molecule has 19 heavy (non-hydrogen) atoms. The van der Waals surface area contributed by atoms with Gasteiger partial charge in [0.25, 0.3) is 0 Å². The summed E-state index contributed by atoms with van der Waals surface area (Å²) in [6, 6.07) is 7.66. The van der Waals surface area contributed by atoms with Crippen molar-refractivity contribution in [1.29, 1.82) is 5.26 Å². The van der Waals surface area contributed by atoms with E-state index < -0.39 is 0 Å². The Bertz CT molecular complexity index is 504. The van der Waals surface area contributed by atoms with Crippen molar-refractivity contribution < 1.29 is 4.79 Å². The molecule has 100 valence electrons. The molecule has 1 aliphatic heterocycles. The number of carbonyl (C=O) groups excluding carboxylic acids is 1. The Morgan fingerprint density at radius 3 is 2.84 bits per heavy atom. The van der Waals surface area contributed by atoms with E-state index in [4.69, 9.17) is 5.26 Å². The van der Waals surface area contributed by atoms with Gasteiger partial charge in [-0.05, 0) is 43.6 Å². The number of nitriles is 1. The molecule has 1 saturated heterocycles. The molecule has 0 aromatic heterocycles. The van der Waals surface area contributed by atoms with Crippen molar-refractivity contribution in [2.45, 2.75) is 25.3 Å². The van der Waals surface area contributed by atoms with Crippen molar-refractivity contribution in [3.8, 4) is 6.07 Å². The minimum Gasteiger partial charge on any atom is -0.353 e. The molecule has 0 saturated carbocycles. The van der Waals surface area contributed by atoms with E-state index >= 15 is 0 Å². The molecule has 1 aromatic carbocycles. The lowest BCUT2D eigenvalue weighted by molar-refractivity contribution is -0.121. The Morgan fingerprint density at radius 2 is 2.21 bits per heavy atom. The van der Waals surface area contributed by atoms with Crippen LogP contribution in [0.5, 0.6) is 0 Å².